The van der Waals surface area contributed by atoms with E-state index in [1.165, 1.54) is 4.88 Å². The number of nitrogens with one attached hydrogen (secondary N) is 1. The molecule has 0 radical (unpaired) electrons. The first-order valence-electron chi connectivity index (χ1n) is 7.71. The highest BCUT2D eigenvalue weighted by Crippen LogP contribution is 2.22. The highest BCUT2D eigenvalue weighted by atomic mass is 32.1. The summed E-state index contributed by atoms with van der Waals surface area (Å²) in [4.78, 5) is 15.6. The Hall–Kier alpha value is -1.69. The van der Waals surface area contributed by atoms with Crippen molar-refractivity contribution in [3.63, 3.8) is 0 Å². The average molecular weight is 332 g/mol. The van der Waals surface area contributed by atoms with Crippen LogP contribution in [-0.2, 0) is 16.1 Å². The predicted octanol–water partition coefficient (Wildman–Crippen LogP) is 3.07. The van der Waals surface area contributed by atoms with Crippen LogP contribution in [-0.4, -0.2) is 37.6 Å². The topological polar surface area (TPSA) is 41.6 Å². The summed E-state index contributed by atoms with van der Waals surface area (Å²) in [5.41, 5.74) is 1.07. The van der Waals surface area contributed by atoms with Crippen molar-refractivity contribution in [3.05, 3.63) is 58.3 Å². The van der Waals surface area contributed by atoms with E-state index in [1.807, 2.05) is 50.5 Å². The van der Waals surface area contributed by atoms with Crippen LogP contribution in [0.4, 0.5) is 0 Å². The second kappa shape index (κ2) is 8.82. The van der Waals surface area contributed by atoms with Crippen LogP contribution in [0.2, 0.25) is 0 Å². The molecule has 0 unspecified atom stereocenters. The molecule has 0 spiro atoms. The van der Waals surface area contributed by atoms with E-state index in [0.29, 0.717) is 13.2 Å². The lowest BCUT2D eigenvalue weighted by Gasteiger charge is -2.24. The van der Waals surface area contributed by atoms with Crippen LogP contribution >= 0.6 is 11.3 Å². The molecule has 0 saturated heterocycles. The first kappa shape index (κ1) is 17.7. The van der Waals surface area contributed by atoms with Gasteiger partial charge in [-0.3, -0.25) is 4.79 Å². The molecule has 0 saturated carbocycles. The van der Waals surface area contributed by atoms with Crippen LogP contribution in [0, 0.1) is 0 Å². The molecule has 0 aliphatic carbocycles. The van der Waals surface area contributed by atoms with Gasteiger partial charge in [0.15, 0.2) is 0 Å². The summed E-state index contributed by atoms with van der Waals surface area (Å²) < 4.78 is 5.65. The van der Waals surface area contributed by atoms with Gasteiger partial charge in [-0.05, 0) is 38.0 Å². The van der Waals surface area contributed by atoms with Crippen molar-refractivity contribution in [2.75, 3.05) is 20.6 Å². The Labute approximate surface area is 142 Å². The van der Waals surface area contributed by atoms with E-state index in [9.17, 15) is 4.79 Å². The van der Waals surface area contributed by atoms with E-state index in [0.717, 1.165) is 5.56 Å². The molecule has 1 N–H and O–H groups in total. The Morgan fingerprint density at radius 1 is 1.22 bits per heavy atom. The summed E-state index contributed by atoms with van der Waals surface area (Å²) in [7, 11) is 4.04. The highest BCUT2D eigenvalue weighted by Gasteiger charge is 2.19. The minimum Gasteiger partial charge on any atom is -0.364 e. The van der Waals surface area contributed by atoms with Crippen molar-refractivity contribution in [3.8, 4) is 0 Å². The smallest absolute Gasteiger partial charge is 0.248 e. The largest absolute Gasteiger partial charge is 0.364 e. The molecule has 2 atom stereocenters. The molecule has 0 fully saturated rings. The number of rotatable bonds is 8. The normalized spacial score (nSPS) is 13.7. The molecule has 2 rings (SSSR count). The van der Waals surface area contributed by atoms with Gasteiger partial charge < -0.3 is 15.0 Å². The first-order chi connectivity index (χ1) is 11.1. The molecular weight excluding hydrogens is 308 g/mol. The maximum absolute atomic E-state index is 12.2. The second-order valence-corrected chi connectivity index (χ2v) is 6.66. The Morgan fingerprint density at radius 2 is 1.96 bits per heavy atom. The molecule has 1 amide bonds. The standard InChI is InChI=1S/C18H24N2O2S/c1-14(22-13-15-8-5-4-6-9-15)18(21)19-12-16(20(2)3)17-10-7-11-23-17/h4-11,14,16H,12-13H2,1-3H3,(H,19,21)/t14-,16-/m0/s1. The fourth-order valence-electron chi connectivity index (χ4n) is 2.23. The van der Waals surface area contributed by atoms with Gasteiger partial charge >= 0.3 is 0 Å². The molecule has 4 nitrogen and oxygen atoms in total. The van der Waals surface area contributed by atoms with E-state index in [1.54, 1.807) is 18.3 Å². The van der Waals surface area contributed by atoms with Gasteiger partial charge in [-0.15, -0.1) is 11.3 Å². The van der Waals surface area contributed by atoms with E-state index >= 15 is 0 Å². The summed E-state index contributed by atoms with van der Waals surface area (Å²) in [6.07, 6.45) is -0.471. The van der Waals surface area contributed by atoms with Gasteiger partial charge in [-0.2, -0.15) is 0 Å². The minimum atomic E-state index is -0.471. The zero-order chi connectivity index (χ0) is 16.7. The Balaban J connectivity index is 1.81. The van der Waals surface area contributed by atoms with E-state index in [4.69, 9.17) is 4.74 Å². The monoisotopic (exact) mass is 332 g/mol. The third kappa shape index (κ3) is 5.46. The van der Waals surface area contributed by atoms with Gasteiger partial charge in [-0.1, -0.05) is 36.4 Å². The van der Waals surface area contributed by atoms with Crippen LogP contribution in [0.1, 0.15) is 23.4 Å². The van der Waals surface area contributed by atoms with Gasteiger partial charge in [0.1, 0.15) is 6.10 Å². The highest BCUT2D eigenvalue weighted by molar-refractivity contribution is 7.10. The number of hydrogen-bond donors (Lipinski definition) is 1. The lowest BCUT2D eigenvalue weighted by Crippen LogP contribution is -2.39. The van der Waals surface area contributed by atoms with E-state index in [2.05, 4.69) is 21.7 Å². The molecule has 0 aliphatic rings. The quantitative estimate of drug-likeness (QED) is 0.808. The third-order valence-electron chi connectivity index (χ3n) is 3.68. The van der Waals surface area contributed by atoms with Crippen LogP contribution in [0.15, 0.2) is 47.8 Å². The van der Waals surface area contributed by atoms with Crippen LogP contribution in [0.5, 0.6) is 0 Å². The average Bonchev–Trinajstić information content (AvgIpc) is 3.07. The van der Waals surface area contributed by atoms with Crippen molar-refractivity contribution in [1.82, 2.24) is 10.2 Å². The molecule has 124 valence electrons. The van der Waals surface area contributed by atoms with E-state index in [-0.39, 0.29) is 11.9 Å². The lowest BCUT2D eigenvalue weighted by molar-refractivity contribution is -0.132. The van der Waals surface area contributed by atoms with Crippen molar-refractivity contribution >= 4 is 17.2 Å². The maximum atomic E-state index is 12.2. The zero-order valence-electron chi connectivity index (χ0n) is 13.9. The number of hydrogen-bond acceptors (Lipinski definition) is 4. The number of carbonyl (C=O) groups is 1. The number of thiophene rings is 1. The molecule has 1 aromatic carbocycles. The molecule has 2 aromatic rings. The summed E-state index contributed by atoms with van der Waals surface area (Å²) in [5, 5.41) is 5.04. The first-order valence-corrected chi connectivity index (χ1v) is 8.59. The fraction of sp³-hybridized carbons (Fsp3) is 0.389. The second-order valence-electron chi connectivity index (χ2n) is 5.68. The lowest BCUT2D eigenvalue weighted by atomic mass is 10.2. The Morgan fingerprint density at radius 3 is 2.57 bits per heavy atom. The zero-order valence-corrected chi connectivity index (χ0v) is 14.7. The molecule has 0 bridgehead atoms. The van der Waals surface area contributed by atoms with Gasteiger partial charge in [0.05, 0.1) is 12.6 Å². The predicted molar refractivity (Wildman–Crippen MR) is 94.4 cm³/mol. The number of ether oxygens (including phenoxy) is 1. The van der Waals surface area contributed by atoms with Crippen LogP contribution in [0.25, 0.3) is 0 Å². The number of amides is 1. The summed E-state index contributed by atoms with van der Waals surface area (Å²) >= 11 is 1.70. The molecule has 0 aliphatic heterocycles. The maximum Gasteiger partial charge on any atom is 0.248 e. The summed E-state index contributed by atoms with van der Waals surface area (Å²) in [5.74, 6) is -0.0793. The van der Waals surface area contributed by atoms with Crippen molar-refractivity contribution in [2.24, 2.45) is 0 Å². The number of carbonyl (C=O) groups excluding carboxylic acids is 1. The van der Waals surface area contributed by atoms with Crippen LogP contribution in [0.3, 0.4) is 0 Å². The van der Waals surface area contributed by atoms with E-state index < -0.39 is 6.10 Å². The molecule has 23 heavy (non-hydrogen) atoms. The minimum absolute atomic E-state index is 0.0793. The van der Waals surface area contributed by atoms with Gasteiger partial charge in [0.25, 0.3) is 0 Å². The van der Waals surface area contributed by atoms with Crippen molar-refractivity contribution < 1.29 is 9.53 Å². The molecular formula is C18H24N2O2S. The number of benzene rings is 1. The molecule has 1 heterocycles. The molecule has 1 aromatic heterocycles. The number of likely N-dealkylation sites (N-methyl/N-ethyl adjacent to an activating group) is 1. The van der Waals surface area contributed by atoms with Crippen molar-refractivity contribution in [2.45, 2.75) is 25.7 Å². The van der Waals surface area contributed by atoms with Gasteiger partial charge in [0.2, 0.25) is 5.91 Å². The van der Waals surface area contributed by atoms with Crippen molar-refractivity contribution in [1.29, 1.82) is 0 Å². The Kier molecular flexibility index (Phi) is 6.77. The fourth-order valence-corrected chi connectivity index (χ4v) is 3.15. The summed E-state index contributed by atoms with van der Waals surface area (Å²) in [6.45, 7) is 2.80. The SMILES string of the molecule is C[C@H](OCc1ccccc1)C(=O)NC[C@@H](c1cccs1)N(C)C. The Bertz CT molecular complexity index is 584. The van der Waals surface area contributed by atoms with Crippen LogP contribution < -0.4 is 5.32 Å². The molecule has 5 heteroatoms. The van der Waals surface area contributed by atoms with Gasteiger partial charge in [-0.25, -0.2) is 0 Å². The summed E-state index contributed by atoms with van der Waals surface area (Å²) in [6, 6.07) is 14.2. The number of nitrogens with zero attached hydrogens (tertiary/aromatic N) is 1. The third-order valence-corrected chi connectivity index (χ3v) is 4.65. The van der Waals surface area contributed by atoms with Gasteiger partial charge in [0, 0.05) is 11.4 Å².